The van der Waals surface area contributed by atoms with E-state index < -0.39 is 4.92 Å². The van der Waals surface area contributed by atoms with Crippen molar-refractivity contribution in [2.75, 3.05) is 36.5 Å². The Bertz CT molecular complexity index is 803. The fourth-order valence-corrected chi connectivity index (χ4v) is 2.65. The van der Waals surface area contributed by atoms with Crippen LogP contribution in [0.15, 0.2) is 36.5 Å². The number of morpholine rings is 1. The molecule has 0 unspecified atom stereocenters. The molecule has 130 valence electrons. The molecule has 1 fully saturated rings. The standard InChI is InChI=1S/C17H18N4O4/c1-12-4-5-13(21(23)24)11-15(12)19-17(22)14-3-2-6-18-16(14)20-7-9-25-10-8-20/h2-6,11H,7-10H2,1H3,(H,19,22). The maximum atomic E-state index is 12.7. The predicted molar refractivity (Wildman–Crippen MR) is 93.1 cm³/mol. The van der Waals surface area contributed by atoms with Gasteiger partial charge in [-0.1, -0.05) is 6.07 Å². The number of pyridine rings is 1. The molecule has 1 amide bonds. The molecule has 0 saturated carbocycles. The van der Waals surface area contributed by atoms with Gasteiger partial charge in [0, 0.05) is 31.4 Å². The van der Waals surface area contributed by atoms with Crippen molar-refractivity contribution in [2.45, 2.75) is 6.92 Å². The van der Waals surface area contributed by atoms with E-state index in [9.17, 15) is 14.9 Å². The third kappa shape index (κ3) is 3.74. The third-order valence-corrected chi connectivity index (χ3v) is 4.02. The first-order valence-electron chi connectivity index (χ1n) is 7.90. The highest BCUT2D eigenvalue weighted by Gasteiger charge is 2.20. The largest absolute Gasteiger partial charge is 0.378 e. The number of anilines is 2. The van der Waals surface area contributed by atoms with Crippen molar-refractivity contribution in [3.8, 4) is 0 Å². The van der Waals surface area contributed by atoms with Crippen LogP contribution < -0.4 is 10.2 Å². The van der Waals surface area contributed by atoms with Gasteiger partial charge in [-0.2, -0.15) is 0 Å². The molecule has 0 bridgehead atoms. The first-order valence-corrected chi connectivity index (χ1v) is 7.90. The number of aryl methyl sites for hydroxylation is 1. The number of rotatable bonds is 4. The van der Waals surface area contributed by atoms with Gasteiger partial charge in [0.25, 0.3) is 11.6 Å². The highest BCUT2D eigenvalue weighted by Crippen LogP contribution is 2.24. The molecular weight excluding hydrogens is 324 g/mol. The van der Waals surface area contributed by atoms with Crippen LogP contribution in [0.1, 0.15) is 15.9 Å². The zero-order valence-electron chi connectivity index (χ0n) is 13.8. The molecule has 2 aromatic rings. The fraction of sp³-hybridized carbons (Fsp3) is 0.294. The number of benzene rings is 1. The van der Waals surface area contributed by atoms with Crippen LogP contribution in [0.25, 0.3) is 0 Å². The number of aromatic nitrogens is 1. The van der Waals surface area contributed by atoms with Gasteiger partial charge in [-0.25, -0.2) is 4.98 Å². The third-order valence-electron chi connectivity index (χ3n) is 4.02. The summed E-state index contributed by atoms with van der Waals surface area (Å²) in [6.45, 7) is 4.27. The number of hydrogen-bond acceptors (Lipinski definition) is 6. The van der Waals surface area contributed by atoms with Gasteiger partial charge in [-0.15, -0.1) is 0 Å². The molecular formula is C17H18N4O4. The average molecular weight is 342 g/mol. The summed E-state index contributed by atoms with van der Waals surface area (Å²) in [5.41, 5.74) is 1.52. The predicted octanol–water partition coefficient (Wildman–Crippen LogP) is 2.39. The first-order chi connectivity index (χ1) is 12.1. The Hall–Kier alpha value is -3.00. The molecule has 3 rings (SSSR count). The summed E-state index contributed by atoms with van der Waals surface area (Å²) in [5.74, 6) is 0.240. The van der Waals surface area contributed by atoms with Crippen LogP contribution in [0.3, 0.4) is 0 Å². The molecule has 0 atom stereocenters. The minimum atomic E-state index is -0.488. The zero-order chi connectivity index (χ0) is 17.8. The molecule has 1 aromatic carbocycles. The summed E-state index contributed by atoms with van der Waals surface area (Å²) in [7, 11) is 0. The number of amides is 1. The first kappa shape index (κ1) is 16.8. The number of carbonyl (C=O) groups excluding carboxylic acids is 1. The van der Waals surface area contributed by atoms with Crippen molar-refractivity contribution in [1.29, 1.82) is 0 Å². The Kier molecular flexibility index (Phi) is 4.90. The topological polar surface area (TPSA) is 97.6 Å². The molecule has 0 spiro atoms. The van der Waals surface area contributed by atoms with Gasteiger partial charge < -0.3 is 15.0 Å². The summed E-state index contributed by atoms with van der Waals surface area (Å²) in [5, 5.41) is 13.7. The molecule has 1 aliphatic heterocycles. The van der Waals surface area contributed by atoms with Gasteiger partial charge in [0.15, 0.2) is 0 Å². The summed E-state index contributed by atoms with van der Waals surface area (Å²) in [4.78, 5) is 29.5. The van der Waals surface area contributed by atoms with Gasteiger partial charge >= 0.3 is 0 Å². The average Bonchev–Trinajstić information content (AvgIpc) is 2.64. The maximum Gasteiger partial charge on any atom is 0.271 e. The molecule has 1 N–H and O–H groups in total. The molecule has 8 heteroatoms. The molecule has 1 saturated heterocycles. The Morgan fingerprint density at radius 2 is 2.08 bits per heavy atom. The van der Waals surface area contributed by atoms with E-state index in [1.54, 1.807) is 31.3 Å². The van der Waals surface area contributed by atoms with Crippen molar-refractivity contribution in [2.24, 2.45) is 0 Å². The lowest BCUT2D eigenvalue weighted by molar-refractivity contribution is -0.384. The van der Waals surface area contributed by atoms with Gasteiger partial charge in [-0.05, 0) is 24.6 Å². The van der Waals surface area contributed by atoms with Gasteiger partial charge in [-0.3, -0.25) is 14.9 Å². The normalized spacial score (nSPS) is 14.2. The smallest absolute Gasteiger partial charge is 0.271 e. The highest BCUT2D eigenvalue weighted by atomic mass is 16.6. The summed E-state index contributed by atoms with van der Waals surface area (Å²) in [6.07, 6.45) is 1.64. The second kappa shape index (κ2) is 7.27. The molecule has 1 aromatic heterocycles. The Morgan fingerprint density at radius 3 is 2.80 bits per heavy atom. The highest BCUT2D eigenvalue weighted by molar-refractivity contribution is 6.08. The Morgan fingerprint density at radius 1 is 1.32 bits per heavy atom. The van der Waals surface area contributed by atoms with E-state index in [0.29, 0.717) is 43.4 Å². The van der Waals surface area contributed by atoms with Gasteiger partial charge in [0.05, 0.1) is 29.4 Å². The van der Waals surface area contributed by atoms with E-state index in [1.165, 1.54) is 12.1 Å². The lowest BCUT2D eigenvalue weighted by atomic mass is 10.1. The van der Waals surface area contributed by atoms with Gasteiger partial charge in [0.1, 0.15) is 5.82 Å². The molecule has 8 nitrogen and oxygen atoms in total. The van der Waals surface area contributed by atoms with Crippen molar-refractivity contribution in [3.63, 3.8) is 0 Å². The van der Waals surface area contributed by atoms with E-state index in [-0.39, 0.29) is 11.6 Å². The van der Waals surface area contributed by atoms with Crippen molar-refractivity contribution in [1.82, 2.24) is 4.98 Å². The van der Waals surface area contributed by atoms with Crippen molar-refractivity contribution < 1.29 is 14.5 Å². The molecule has 0 radical (unpaired) electrons. The van der Waals surface area contributed by atoms with Crippen LogP contribution in [0, 0.1) is 17.0 Å². The van der Waals surface area contributed by atoms with E-state index in [4.69, 9.17) is 4.74 Å². The van der Waals surface area contributed by atoms with Crippen LogP contribution in [-0.4, -0.2) is 42.1 Å². The monoisotopic (exact) mass is 342 g/mol. The number of non-ortho nitro benzene ring substituents is 1. The maximum absolute atomic E-state index is 12.7. The fourth-order valence-electron chi connectivity index (χ4n) is 2.65. The van der Waals surface area contributed by atoms with Crippen molar-refractivity contribution in [3.05, 3.63) is 57.8 Å². The molecule has 25 heavy (non-hydrogen) atoms. The Balaban J connectivity index is 1.87. The SMILES string of the molecule is Cc1ccc([N+](=O)[O-])cc1NC(=O)c1cccnc1N1CCOCC1. The number of nitro groups is 1. The van der Waals surface area contributed by atoms with Crippen LogP contribution in [-0.2, 0) is 4.74 Å². The number of hydrogen-bond donors (Lipinski definition) is 1. The number of nitrogens with one attached hydrogen (secondary N) is 1. The minimum absolute atomic E-state index is 0.0690. The summed E-state index contributed by atoms with van der Waals surface area (Å²) < 4.78 is 5.33. The molecule has 0 aliphatic carbocycles. The number of carbonyl (C=O) groups is 1. The number of ether oxygens (including phenoxy) is 1. The number of nitro benzene ring substituents is 1. The van der Waals surface area contributed by atoms with E-state index in [0.717, 1.165) is 5.56 Å². The molecule has 1 aliphatic rings. The van der Waals surface area contributed by atoms with Crippen LogP contribution in [0.4, 0.5) is 17.2 Å². The Labute approximate surface area is 144 Å². The summed E-state index contributed by atoms with van der Waals surface area (Å²) >= 11 is 0. The summed E-state index contributed by atoms with van der Waals surface area (Å²) in [6, 6.07) is 7.77. The molecule has 2 heterocycles. The minimum Gasteiger partial charge on any atom is -0.378 e. The van der Waals surface area contributed by atoms with Crippen LogP contribution >= 0.6 is 0 Å². The van der Waals surface area contributed by atoms with E-state index in [2.05, 4.69) is 10.3 Å². The zero-order valence-corrected chi connectivity index (χ0v) is 13.8. The van der Waals surface area contributed by atoms with E-state index in [1.807, 2.05) is 4.90 Å². The lowest BCUT2D eigenvalue weighted by Crippen LogP contribution is -2.38. The second-order valence-corrected chi connectivity index (χ2v) is 5.68. The van der Waals surface area contributed by atoms with Crippen LogP contribution in [0.2, 0.25) is 0 Å². The number of nitrogens with zero attached hydrogens (tertiary/aromatic N) is 3. The second-order valence-electron chi connectivity index (χ2n) is 5.68. The quantitative estimate of drug-likeness (QED) is 0.677. The van der Waals surface area contributed by atoms with Crippen molar-refractivity contribution >= 4 is 23.1 Å². The lowest BCUT2D eigenvalue weighted by Gasteiger charge is -2.29. The van der Waals surface area contributed by atoms with Crippen LogP contribution in [0.5, 0.6) is 0 Å². The van der Waals surface area contributed by atoms with E-state index >= 15 is 0 Å². The van der Waals surface area contributed by atoms with Gasteiger partial charge in [0.2, 0.25) is 0 Å².